The van der Waals surface area contributed by atoms with Crippen LogP contribution in [-0.2, 0) is 4.79 Å². The van der Waals surface area contributed by atoms with Crippen LogP contribution in [0.4, 0.5) is 5.69 Å². The van der Waals surface area contributed by atoms with Gasteiger partial charge < -0.3 is 16.0 Å². The van der Waals surface area contributed by atoms with Gasteiger partial charge in [0.25, 0.3) is 0 Å². The summed E-state index contributed by atoms with van der Waals surface area (Å²) < 4.78 is 0. The molecule has 110 valence electrons. The molecule has 6 heteroatoms. The molecular weight excluding hydrogens is 294 g/mol. The molecule has 0 aliphatic heterocycles. The third kappa shape index (κ3) is 4.65. The van der Waals surface area contributed by atoms with Crippen molar-refractivity contribution in [1.82, 2.24) is 4.90 Å². The number of hydrogen-bond donors (Lipinski definition) is 2. The summed E-state index contributed by atoms with van der Waals surface area (Å²) in [4.78, 5) is 14.0. The van der Waals surface area contributed by atoms with Gasteiger partial charge in [0.15, 0.2) is 0 Å². The number of thiocarbonyl (C=S) groups is 1. The van der Waals surface area contributed by atoms with Crippen LogP contribution >= 0.6 is 23.8 Å². The highest BCUT2D eigenvalue weighted by atomic mass is 35.5. The summed E-state index contributed by atoms with van der Waals surface area (Å²) in [5.41, 5.74) is 7.16. The Bertz CT molecular complexity index is 489. The average Bonchev–Trinajstić information content (AvgIpc) is 2.41. The minimum atomic E-state index is 0.133. The van der Waals surface area contributed by atoms with E-state index in [1.165, 1.54) is 0 Å². The van der Waals surface area contributed by atoms with Crippen molar-refractivity contribution in [3.63, 3.8) is 0 Å². The zero-order valence-electron chi connectivity index (χ0n) is 11.8. The van der Waals surface area contributed by atoms with E-state index < -0.39 is 0 Å². The fourth-order valence-corrected chi connectivity index (χ4v) is 2.25. The Kier molecular flexibility index (Phi) is 6.75. The van der Waals surface area contributed by atoms with E-state index in [4.69, 9.17) is 29.6 Å². The molecule has 0 saturated carbocycles. The van der Waals surface area contributed by atoms with Crippen LogP contribution in [0.25, 0.3) is 0 Å². The smallest absolute Gasteiger partial charge is 0.224 e. The average molecular weight is 314 g/mol. The van der Waals surface area contributed by atoms with Crippen LogP contribution in [0.2, 0.25) is 5.02 Å². The predicted molar refractivity (Wildman–Crippen MR) is 88.4 cm³/mol. The number of carbonyl (C=O) groups is 1. The zero-order valence-corrected chi connectivity index (χ0v) is 13.4. The second-order valence-corrected chi connectivity index (χ2v) is 5.17. The van der Waals surface area contributed by atoms with E-state index in [1.54, 1.807) is 17.0 Å². The molecule has 0 aliphatic rings. The number of hydrogen-bond acceptors (Lipinski definition) is 3. The Morgan fingerprint density at radius 2 is 2.05 bits per heavy atom. The maximum absolute atomic E-state index is 11.9. The van der Waals surface area contributed by atoms with Gasteiger partial charge in [0.05, 0.1) is 0 Å². The molecule has 0 unspecified atom stereocenters. The second kappa shape index (κ2) is 8.07. The number of nitrogens with one attached hydrogen (secondary N) is 1. The molecule has 0 heterocycles. The van der Waals surface area contributed by atoms with Crippen LogP contribution in [0.3, 0.4) is 0 Å². The number of carbonyl (C=O) groups excluding carboxylic acids is 1. The maximum atomic E-state index is 11.9. The highest BCUT2D eigenvalue weighted by Gasteiger charge is 2.10. The summed E-state index contributed by atoms with van der Waals surface area (Å²) in [6, 6.07) is 5.30. The van der Waals surface area contributed by atoms with Gasteiger partial charge in [-0.2, -0.15) is 0 Å². The Morgan fingerprint density at radius 1 is 1.40 bits per heavy atom. The fourth-order valence-electron chi connectivity index (χ4n) is 1.91. The molecule has 0 fully saturated rings. The Hall–Kier alpha value is -1.33. The third-order valence-electron chi connectivity index (χ3n) is 3.02. The fraction of sp³-hybridized carbons (Fsp3) is 0.429. The molecule has 1 amide bonds. The van der Waals surface area contributed by atoms with Crippen LogP contribution in [-0.4, -0.2) is 35.4 Å². The van der Waals surface area contributed by atoms with Crippen molar-refractivity contribution < 1.29 is 4.79 Å². The van der Waals surface area contributed by atoms with Crippen LogP contribution in [0.15, 0.2) is 18.2 Å². The summed E-state index contributed by atoms with van der Waals surface area (Å²) in [6.07, 6.45) is 0.432. The third-order valence-corrected chi connectivity index (χ3v) is 3.47. The standard InChI is InChI=1S/C14H20ClN3OS/c1-3-18(4-2)13(19)7-8-17-12-6-5-10(15)9-11(12)14(16)20/h5-6,9,17H,3-4,7-8H2,1-2H3,(H2,16,20). The quantitative estimate of drug-likeness (QED) is 0.760. The molecule has 4 nitrogen and oxygen atoms in total. The summed E-state index contributed by atoms with van der Waals surface area (Å²) in [5, 5.41) is 3.76. The van der Waals surface area contributed by atoms with Gasteiger partial charge in [0, 0.05) is 42.3 Å². The molecule has 3 N–H and O–H groups in total. The molecule has 0 spiro atoms. The zero-order chi connectivity index (χ0) is 15.1. The van der Waals surface area contributed by atoms with Crippen molar-refractivity contribution in [3.8, 4) is 0 Å². The number of halogens is 1. The van der Waals surface area contributed by atoms with Crippen molar-refractivity contribution >= 4 is 40.4 Å². The first kappa shape index (κ1) is 16.7. The molecule has 0 radical (unpaired) electrons. The molecule has 0 atom stereocenters. The van der Waals surface area contributed by atoms with Crippen LogP contribution in [0.5, 0.6) is 0 Å². The summed E-state index contributed by atoms with van der Waals surface area (Å²) in [5.74, 6) is 0.133. The van der Waals surface area contributed by atoms with E-state index in [9.17, 15) is 4.79 Å². The SMILES string of the molecule is CCN(CC)C(=O)CCNc1ccc(Cl)cc1C(N)=S. The lowest BCUT2D eigenvalue weighted by Gasteiger charge is -2.19. The summed E-state index contributed by atoms with van der Waals surface area (Å²) >= 11 is 10.9. The largest absolute Gasteiger partial charge is 0.389 e. The number of anilines is 1. The Balaban J connectivity index is 2.62. The predicted octanol–water partition coefficient (Wildman–Crippen LogP) is 2.64. The van der Waals surface area contributed by atoms with Crippen molar-refractivity contribution in [1.29, 1.82) is 0 Å². The molecule has 1 aromatic rings. The van der Waals surface area contributed by atoms with Gasteiger partial charge in [-0.1, -0.05) is 23.8 Å². The molecule has 1 aromatic carbocycles. The normalized spacial score (nSPS) is 10.2. The van der Waals surface area contributed by atoms with Crippen LogP contribution in [0, 0.1) is 0 Å². The van der Waals surface area contributed by atoms with Crippen LogP contribution in [0.1, 0.15) is 25.8 Å². The molecule has 0 bridgehead atoms. The van der Waals surface area contributed by atoms with Gasteiger partial charge in [-0.15, -0.1) is 0 Å². The van der Waals surface area contributed by atoms with Crippen molar-refractivity contribution in [2.75, 3.05) is 25.0 Å². The van der Waals surface area contributed by atoms with Gasteiger partial charge in [-0.05, 0) is 32.0 Å². The summed E-state index contributed by atoms with van der Waals surface area (Å²) in [6.45, 7) is 5.94. The van der Waals surface area contributed by atoms with Gasteiger partial charge in [-0.3, -0.25) is 4.79 Å². The van der Waals surface area contributed by atoms with E-state index in [0.717, 1.165) is 18.8 Å². The van der Waals surface area contributed by atoms with Gasteiger partial charge in [-0.25, -0.2) is 0 Å². The van der Waals surface area contributed by atoms with E-state index in [1.807, 2.05) is 19.9 Å². The van der Waals surface area contributed by atoms with Crippen molar-refractivity contribution in [3.05, 3.63) is 28.8 Å². The molecular formula is C14H20ClN3OS. The first-order valence-corrected chi connectivity index (χ1v) is 7.39. The summed E-state index contributed by atoms with van der Waals surface area (Å²) in [7, 11) is 0. The second-order valence-electron chi connectivity index (χ2n) is 4.30. The Labute approximate surface area is 130 Å². The monoisotopic (exact) mass is 313 g/mol. The minimum absolute atomic E-state index is 0.133. The first-order chi connectivity index (χ1) is 9.49. The number of nitrogens with zero attached hydrogens (tertiary/aromatic N) is 1. The highest BCUT2D eigenvalue weighted by Crippen LogP contribution is 2.20. The first-order valence-electron chi connectivity index (χ1n) is 6.60. The molecule has 0 saturated heterocycles. The topological polar surface area (TPSA) is 58.4 Å². The molecule has 1 rings (SSSR count). The number of amides is 1. The minimum Gasteiger partial charge on any atom is -0.389 e. The number of nitrogens with two attached hydrogens (primary N) is 1. The van der Waals surface area contributed by atoms with Gasteiger partial charge in [0.1, 0.15) is 4.99 Å². The molecule has 20 heavy (non-hydrogen) atoms. The maximum Gasteiger partial charge on any atom is 0.224 e. The number of rotatable bonds is 7. The van der Waals surface area contributed by atoms with E-state index in [-0.39, 0.29) is 10.9 Å². The Morgan fingerprint density at radius 3 is 2.60 bits per heavy atom. The highest BCUT2D eigenvalue weighted by molar-refractivity contribution is 7.80. The van der Waals surface area contributed by atoms with E-state index >= 15 is 0 Å². The lowest BCUT2D eigenvalue weighted by molar-refractivity contribution is -0.130. The lowest BCUT2D eigenvalue weighted by Crippen LogP contribution is -2.31. The lowest BCUT2D eigenvalue weighted by atomic mass is 10.1. The van der Waals surface area contributed by atoms with Gasteiger partial charge >= 0.3 is 0 Å². The van der Waals surface area contributed by atoms with Crippen molar-refractivity contribution in [2.24, 2.45) is 5.73 Å². The number of benzene rings is 1. The van der Waals surface area contributed by atoms with Crippen LogP contribution < -0.4 is 11.1 Å². The van der Waals surface area contributed by atoms with Crippen molar-refractivity contribution in [2.45, 2.75) is 20.3 Å². The van der Waals surface area contributed by atoms with Gasteiger partial charge in [0.2, 0.25) is 5.91 Å². The molecule has 0 aromatic heterocycles. The van der Waals surface area contributed by atoms with E-state index in [0.29, 0.717) is 23.6 Å². The van der Waals surface area contributed by atoms with E-state index in [2.05, 4.69) is 5.32 Å². The molecule has 0 aliphatic carbocycles.